The van der Waals surface area contributed by atoms with Gasteiger partial charge in [-0.25, -0.2) is 4.39 Å². The molecule has 0 aliphatic carbocycles. The summed E-state index contributed by atoms with van der Waals surface area (Å²) in [7, 11) is 0. The van der Waals surface area contributed by atoms with Crippen molar-refractivity contribution in [3.8, 4) is 0 Å². The van der Waals surface area contributed by atoms with E-state index in [9.17, 15) is 9.18 Å². The molecule has 0 saturated heterocycles. The molecule has 0 aromatic heterocycles. The summed E-state index contributed by atoms with van der Waals surface area (Å²) in [6.45, 7) is 6.29. The molecule has 1 aromatic carbocycles. The van der Waals surface area contributed by atoms with Crippen molar-refractivity contribution in [2.45, 2.75) is 45.6 Å². The van der Waals surface area contributed by atoms with Crippen LogP contribution in [0.2, 0.25) is 0 Å². The van der Waals surface area contributed by atoms with Gasteiger partial charge >= 0.3 is 0 Å². The molecule has 112 valence electrons. The molecule has 0 fully saturated rings. The van der Waals surface area contributed by atoms with Crippen LogP contribution in [0.1, 0.15) is 39.2 Å². The number of hydrogen-bond acceptors (Lipinski definition) is 2. The van der Waals surface area contributed by atoms with Gasteiger partial charge in [0.25, 0.3) is 0 Å². The highest BCUT2D eigenvalue weighted by atomic mass is 19.1. The molecule has 0 radical (unpaired) electrons. The zero-order valence-corrected chi connectivity index (χ0v) is 12.6. The van der Waals surface area contributed by atoms with E-state index in [4.69, 9.17) is 5.73 Å². The fourth-order valence-electron chi connectivity index (χ4n) is 2.02. The minimum Gasteiger partial charge on any atom is -0.354 e. The molecule has 0 aliphatic heterocycles. The first-order valence-corrected chi connectivity index (χ1v) is 7.22. The molecule has 20 heavy (non-hydrogen) atoms. The number of nitrogens with one attached hydrogen (secondary N) is 1. The van der Waals surface area contributed by atoms with Crippen LogP contribution in [0.25, 0.3) is 0 Å². The lowest BCUT2D eigenvalue weighted by molar-refractivity contribution is -0.124. The van der Waals surface area contributed by atoms with Gasteiger partial charge < -0.3 is 11.1 Å². The van der Waals surface area contributed by atoms with E-state index < -0.39 is 0 Å². The van der Waals surface area contributed by atoms with Gasteiger partial charge in [-0.1, -0.05) is 39.0 Å². The average molecular weight is 280 g/mol. The SMILES string of the molecule is CCC(N)(CC)CNC(=O)C(C)Cc1ccccc1F. The highest BCUT2D eigenvalue weighted by Crippen LogP contribution is 2.14. The van der Waals surface area contributed by atoms with Gasteiger partial charge in [-0.2, -0.15) is 0 Å². The minimum atomic E-state index is -0.354. The second-order valence-electron chi connectivity index (χ2n) is 5.48. The van der Waals surface area contributed by atoms with Gasteiger partial charge in [0.1, 0.15) is 5.82 Å². The number of benzene rings is 1. The van der Waals surface area contributed by atoms with Gasteiger partial charge in [-0.15, -0.1) is 0 Å². The normalized spacial score (nSPS) is 13.1. The zero-order chi connectivity index (χ0) is 15.2. The summed E-state index contributed by atoms with van der Waals surface area (Å²) in [5.41, 5.74) is 6.36. The maximum atomic E-state index is 13.5. The summed E-state index contributed by atoms with van der Waals surface area (Å²) >= 11 is 0. The molecule has 1 unspecified atom stereocenters. The van der Waals surface area contributed by atoms with Gasteiger partial charge in [0.2, 0.25) is 5.91 Å². The summed E-state index contributed by atoms with van der Waals surface area (Å²) in [5.74, 6) is -0.614. The summed E-state index contributed by atoms with van der Waals surface area (Å²) in [6, 6.07) is 6.56. The second kappa shape index (κ2) is 7.39. The van der Waals surface area contributed by atoms with Crippen LogP contribution in [-0.4, -0.2) is 18.0 Å². The van der Waals surface area contributed by atoms with Crippen molar-refractivity contribution in [2.75, 3.05) is 6.54 Å². The maximum Gasteiger partial charge on any atom is 0.223 e. The maximum absolute atomic E-state index is 13.5. The van der Waals surface area contributed by atoms with Crippen molar-refractivity contribution >= 4 is 5.91 Å². The van der Waals surface area contributed by atoms with E-state index in [1.807, 2.05) is 13.8 Å². The number of rotatable bonds is 7. The molecule has 4 heteroatoms. The molecule has 1 amide bonds. The summed E-state index contributed by atoms with van der Waals surface area (Å²) in [4.78, 5) is 12.0. The molecule has 0 bridgehead atoms. The lowest BCUT2D eigenvalue weighted by Crippen LogP contribution is -2.50. The van der Waals surface area contributed by atoms with E-state index in [0.717, 1.165) is 12.8 Å². The highest BCUT2D eigenvalue weighted by molar-refractivity contribution is 5.78. The van der Waals surface area contributed by atoms with E-state index in [2.05, 4.69) is 5.32 Å². The number of carbonyl (C=O) groups is 1. The Bertz CT molecular complexity index is 444. The molecule has 0 saturated carbocycles. The van der Waals surface area contributed by atoms with Gasteiger partial charge in [0.15, 0.2) is 0 Å². The standard InChI is InChI=1S/C16H25FN2O/c1-4-16(18,5-2)11-19-15(20)12(3)10-13-8-6-7-9-14(13)17/h6-9,12H,4-5,10-11,18H2,1-3H3,(H,19,20). The quantitative estimate of drug-likeness (QED) is 0.806. The van der Waals surface area contributed by atoms with Crippen molar-refractivity contribution in [1.29, 1.82) is 0 Å². The summed E-state index contributed by atoms with van der Waals surface area (Å²) in [6.07, 6.45) is 2.02. The molecule has 0 heterocycles. The largest absolute Gasteiger partial charge is 0.354 e. The Morgan fingerprint density at radius 1 is 1.35 bits per heavy atom. The van der Waals surface area contributed by atoms with E-state index in [0.29, 0.717) is 18.5 Å². The topological polar surface area (TPSA) is 55.1 Å². The van der Waals surface area contributed by atoms with Gasteiger partial charge in [0, 0.05) is 18.0 Å². The average Bonchev–Trinajstić information content (AvgIpc) is 2.46. The lowest BCUT2D eigenvalue weighted by atomic mass is 9.93. The van der Waals surface area contributed by atoms with Crippen LogP contribution in [0.4, 0.5) is 4.39 Å². The third-order valence-electron chi connectivity index (χ3n) is 3.95. The van der Waals surface area contributed by atoms with Crippen molar-refractivity contribution in [2.24, 2.45) is 11.7 Å². The van der Waals surface area contributed by atoms with Crippen LogP contribution in [0.15, 0.2) is 24.3 Å². The first-order chi connectivity index (χ1) is 9.41. The third kappa shape index (κ3) is 4.60. The van der Waals surface area contributed by atoms with Crippen LogP contribution in [0.5, 0.6) is 0 Å². The van der Waals surface area contributed by atoms with Crippen LogP contribution in [0, 0.1) is 11.7 Å². The fraction of sp³-hybridized carbons (Fsp3) is 0.562. The second-order valence-corrected chi connectivity index (χ2v) is 5.48. The third-order valence-corrected chi connectivity index (χ3v) is 3.95. The van der Waals surface area contributed by atoms with Gasteiger partial charge in [-0.3, -0.25) is 4.79 Å². The Balaban J connectivity index is 2.54. The number of amides is 1. The van der Waals surface area contributed by atoms with Gasteiger partial charge in [-0.05, 0) is 30.9 Å². The number of carbonyl (C=O) groups excluding carboxylic acids is 1. The monoisotopic (exact) mass is 280 g/mol. The zero-order valence-electron chi connectivity index (χ0n) is 12.6. The number of hydrogen-bond donors (Lipinski definition) is 2. The van der Waals surface area contributed by atoms with Crippen molar-refractivity contribution in [3.05, 3.63) is 35.6 Å². The predicted molar refractivity (Wildman–Crippen MR) is 79.8 cm³/mol. The fourth-order valence-corrected chi connectivity index (χ4v) is 2.02. The molecule has 1 rings (SSSR count). The van der Waals surface area contributed by atoms with E-state index in [1.54, 1.807) is 25.1 Å². The summed E-state index contributed by atoms with van der Waals surface area (Å²) in [5, 5.41) is 2.88. The van der Waals surface area contributed by atoms with Crippen molar-refractivity contribution < 1.29 is 9.18 Å². The Hall–Kier alpha value is -1.42. The van der Waals surface area contributed by atoms with Crippen LogP contribution in [-0.2, 0) is 11.2 Å². The molecule has 1 aromatic rings. The smallest absolute Gasteiger partial charge is 0.223 e. The van der Waals surface area contributed by atoms with Crippen LogP contribution in [0.3, 0.4) is 0 Å². The lowest BCUT2D eigenvalue weighted by Gasteiger charge is -2.27. The number of nitrogens with two attached hydrogens (primary N) is 1. The predicted octanol–water partition coefficient (Wildman–Crippen LogP) is 2.64. The van der Waals surface area contributed by atoms with Crippen molar-refractivity contribution in [1.82, 2.24) is 5.32 Å². The highest BCUT2D eigenvalue weighted by Gasteiger charge is 2.22. The van der Waals surface area contributed by atoms with E-state index in [1.165, 1.54) is 6.07 Å². The summed E-state index contributed by atoms with van der Waals surface area (Å²) < 4.78 is 13.5. The van der Waals surface area contributed by atoms with Crippen LogP contribution >= 0.6 is 0 Å². The van der Waals surface area contributed by atoms with E-state index >= 15 is 0 Å². The Labute approximate surface area is 120 Å². The molecular formula is C16H25FN2O. The molecular weight excluding hydrogens is 255 g/mol. The molecule has 3 nitrogen and oxygen atoms in total. The van der Waals surface area contributed by atoms with Crippen LogP contribution < -0.4 is 11.1 Å². The first kappa shape index (κ1) is 16.6. The van der Waals surface area contributed by atoms with E-state index in [-0.39, 0.29) is 23.2 Å². The molecule has 0 aliphatic rings. The Morgan fingerprint density at radius 2 is 1.95 bits per heavy atom. The molecule has 1 atom stereocenters. The minimum absolute atomic E-state index is 0.0787. The molecule has 3 N–H and O–H groups in total. The first-order valence-electron chi connectivity index (χ1n) is 7.22. The Morgan fingerprint density at radius 3 is 2.50 bits per heavy atom. The van der Waals surface area contributed by atoms with Gasteiger partial charge in [0.05, 0.1) is 0 Å². The van der Waals surface area contributed by atoms with Crippen molar-refractivity contribution in [3.63, 3.8) is 0 Å². The Kier molecular flexibility index (Phi) is 6.14. The molecule has 0 spiro atoms. The number of halogens is 1.